The second-order valence-electron chi connectivity index (χ2n) is 4.77. The number of phenolic OH excluding ortho intramolecular Hbond substituents is 1. The van der Waals surface area contributed by atoms with Crippen LogP contribution in [-0.2, 0) is 11.3 Å². The minimum absolute atomic E-state index is 0.0936. The molecule has 0 amide bonds. The molecule has 1 saturated heterocycles. The van der Waals surface area contributed by atoms with Gasteiger partial charge in [0.05, 0.1) is 24.9 Å². The zero-order valence-corrected chi connectivity index (χ0v) is 11.4. The van der Waals surface area contributed by atoms with Gasteiger partial charge in [0.15, 0.2) is 0 Å². The highest BCUT2D eigenvalue weighted by Gasteiger charge is 2.15. The Bertz CT molecular complexity index is 690. The minimum atomic E-state index is -0.200. The monoisotopic (exact) mass is 275 g/mol. The first-order valence-electron chi connectivity index (χ1n) is 6.76. The standard InChI is InChI=1S/C14H17N3O3/c1-2-17-13(19)9-15-11-7-10(8-12(18)14(11)17)16-3-5-20-6-4-16/h7-9,18H,2-6H2,1H3. The number of aromatic nitrogens is 2. The predicted octanol–water partition coefficient (Wildman–Crippen LogP) is 0.959. The molecule has 1 aromatic heterocycles. The molecule has 0 saturated carbocycles. The highest BCUT2D eigenvalue weighted by atomic mass is 16.5. The van der Waals surface area contributed by atoms with Gasteiger partial charge in [-0.3, -0.25) is 4.79 Å². The summed E-state index contributed by atoms with van der Waals surface area (Å²) in [6.07, 6.45) is 1.30. The average molecular weight is 275 g/mol. The van der Waals surface area contributed by atoms with E-state index < -0.39 is 0 Å². The summed E-state index contributed by atoms with van der Waals surface area (Å²) in [5.74, 6) is 0.0936. The van der Waals surface area contributed by atoms with Crippen LogP contribution in [0.3, 0.4) is 0 Å². The van der Waals surface area contributed by atoms with Crippen LogP contribution in [0.5, 0.6) is 5.75 Å². The predicted molar refractivity (Wildman–Crippen MR) is 76.4 cm³/mol. The summed E-state index contributed by atoms with van der Waals surface area (Å²) in [6, 6.07) is 3.60. The molecule has 6 heteroatoms. The SMILES string of the molecule is CCn1c(=O)cnc2cc(N3CCOCC3)cc(O)c21. The lowest BCUT2D eigenvalue weighted by Gasteiger charge is -2.29. The van der Waals surface area contributed by atoms with E-state index in [1.54, 1.807) is 6.07 Å². The number of aryl methyl sites for hydroxylation is 1. The summed E-state index contributed by atoms with van der Waals surface area (Å²) in [7, 11) is 0. The van der Waals surface area contributed by atoms with Crippen LogP contribution in [0, 0.1) is 0 Å². The topological polar surface area (TPSA) is 67.6 Å². The van der Waals surface area contributed by atoms with Crippen molar-refractivity contribution in [3.63, 3.8) is 0 Å². The van der Waals surface area contributed by atoms with Gasteiger partial charge in [-0.25, -0.2) is 4.98 Å². The molecule has 2 heterocycles. The Kier molecular flexibility index (Phi) is 3.31. The highest BCUT2D eigenvalue weighted by molar-refractivity contribution is 5.85. The lowest BCUT2D eigenvalue weighted by Crippen LogP contribution is -2.36. The van der Waals surface area contributed by atoms with Crippen molar-refractivity contribution >= 4 is 16.7 Å². The van der Waals surface area contributed by atoms with E-state index >= 15 is 0 Å². The van der Waals surface area contributed by atoms with Crippen LogP contribution >= 0.6 is 0 Å². The highest BCUT2D eigenvalue weighted by Crippen LogP contribution is 2.29. The molecule has 2 aromatic rings. The van der Waals surface area contributed by atoms with Gasteiger partial charge in [0.25, 0.3) is 5.56 Å². The van der Waals surface area contributed by atoms with Crippen molar-refractivity contribution in [3.8, 4) is 5.75 Å². The molecule has 1 aliphatic rings. The van der Waals surface area contributed by atoms with Gasteiger partial charge in [0.2, 0.25) is 0 Å². The Morgan fingerprint density at radius 2 is 2.10 bits per heavy atom. The van der Waals surface area contributed by atoms with Crippen LogP contribution in [-0.4, -0.2) is 41.0 Å². The first-order valence-corrected chi connectivity index (χ1v) is 6.76. The van der Waals surface area contributed by atoms with Crippen molar-refractivity contribution in [1.29, 1.82) is 0 Å². The first kappa shape index (κ1) is 12.9. The number of fused-ring (bicyclic) bond motifs is 1. The van der Waals surface area contributed by atoms with Gasteiger partial charge in [0, 0.05) is 31.4 Å². The molecular weight excluding hydrogens is 258 g/mol. The van der Waals surface area contributed by atoms with Crippen LogP contribution < -0.4 is 10.5 Å². The maximum atomic E-state index is 11.8. The van der Waals surface area contributed by atoms with E-state index in [9.17, 15) is 9.90 Å². The summed E-state index contributed by atoms with van der Waals surface area (Å²) in [5.41, 5.74) is 1.84. The number of phenols is 1. The summed E-state index contributed by atoms with van der Waals surface area (Å²) in [6.45, 7) is 5.32. The summed E-state index contributed by atoms with van der Waals surface area (Å²) < 4.78 is 6.85. The van der Waals surface area contributed by atoms with E-state index in [1.165, 1.54) is 10.8 Å². The Balaban J connectivity index is 2.15. The second-order valence-corrected chi connectivity index (χ2v) is 4.77. The molecule has 1 N–H and O–H groups in total. The van der Waals surface area contributed by atoms with E-state index in [2.05, 4.69) is 9.88 Å². The zero-order valence-electron chi connectivity index (χ0n) is 11.4. The van der Waals surface area contributed by atoms with E-state index in [-0.39, 0.29) is 11.3 Å². The number of benzene rings is 1. The van der Waals surface area contributed by atoms with Crippen molar-refractivity contribution in [2.24, 2.45) is 0 Å². The smallest absolute Gasteiger partial charge is 0.269 e. The zero-order chi connectivity index (χ0) is 14.1. The molecule has 20 heavy (non-hydrogen) atoms. The third-order valence-electron chi connectivity index (χ3n) is 3.60. The van der Waals surface area contributed by atoms with Crippen LogP contribution in [0.4, 0.5) is 5.69 Å². The van der Waals surface area contributed by atoms with Crippen molar-refractivity contribution in [3.05, 3.63) is 28.7 Å². The molecule has 1 aliphatic heterocycles. The molecular formula is C14H17N3O3. The Morgan fingerprint density at radius 3 is 2.80 bits per heavy atom. The number of aromatic hydroxyl groups is 1. The molecule has 106 valence electrons. The van der Waals surface area contributed by atoms with Gasteiger partial charge in [-0.05, 0) is 13.0 Å². The summed E-state index contributed by atoms with van der Waals surface area (Å²) in [5, 5.41) is 10.3. The Hall–Kier alpha value is -2.08. The molecule has 3 rings (SSSR count). The number of rotatable bonds is 2. The van der Waals surface area contributed by atoms with Crippen molar-refractivity contribution in [2.45, 2.75) is 13.5 Å². The van der Waals surface area contributed by atoms with Crippen LogP contribution in [0.2, 0.25) is 0 Å². The normalized spacial score (nSPS) is 15.8. The fourth-order valence-corrected chi connectivity index (χ4v) is 2.59. The molecule has 1 aromatic carbocycles. The molecule has 6 nitrogen and oxygen atoms in total. The van der Waals surface area contributed by atoms with E-state index in [4.69, 9.17) is 4.74 Å². The largest absolute Gasteiger partial charge is 0.506 e. The average Bonchev–Trinajstić information content (AvgIpc) is 2.48. The van der Waals surface area contributed by atoms with E-state index in [1.807, 2.05) is 13.0 Å². The molecule has 1 fully saturated rings. The van der Waals surface area contributed by atoms with Crippen LogP contribution in [0.1, 0.15) is 6.92 Å². The fraction of sp³-hybridized carbons (Fsp3) is 0.429. The van der Waals surface area contributed by atoms with Crippen molar-refractivity contribution < 1.29 is 9.84 Å². The Morgan fingerprint density at radius 1 is 1.35 bits per heavy atom. The first-order chi connectivity index (χ1) is 9.70. The van der Waals surface area contributed by atoms with Crippen molar-refractivity contribution in [2.75, 3.05) is 31.2 Å². The minimum Gasteiger partial charge on any atom is -0.506 e. The lowest BCUT2D eigenvalue weighted by molar-refractivity contribution is 0.122. The Labute approximate surface area is 116 Å². The lowest BCUT2D eigenvalue weighted by atomic mass is 10.2. The van der Waals surface area contributed by atoms with Gasteiger partial charge in [-0.1, -0.05) is 0 Å². The number of hydrogen-bond donors (Lipinski definition) is 1. The van der Waals surface area contributed by atoms with E-state index in [0.717, 1.165) is 18.8 Å². The molecule has 0 unspecified atom stereocenters. The summed E-state index contributed by atoms with van der Waals surface area (Å²) >= 11 is 0. The molecule has 0 aliphatic carbocycles. The number of ether oxygens (including phenoxy) is 1. The molecule has 0 bridgehead atoms. The third-order valence-corrected chi connectivity index (χ3v) is 3.60. The number of hydrogen-bond acceptors (Lipinski definition) is 5. The number of nitrogens with zero attached hydrogens (tertiary/aromatic N) is 3. The maximum Gasteiger partial charge on any atom is 0.269 e. The van der Waals surface area contributed by atoms with Gasteiger partial charge in [-0.15, -0.1) is 0 Å². The molecule has 0 radical (unpaired) electrons. The van der Waals surface area contributed by atoms with Gasteiger partial charge >= 0.3 is 0 Å². The third kappa shape index (κ3) is 2.12. The van der Waals surface area contributed by atoms with Gasteiger partial charge in [0.1, 0.15) is 11.3 Å². The number of morpholine rings is 1. The fourth-order valence-electron chi connectivity index (χ4n) is 2.59. The van der Waals surface area contributed by atoms with Gasteiger partial charge < -0.3 is 19.3 Å². The van der Waals surface area contributed by atoms with E-state index in [0.29, 0.717) is 30.8 Å². The van der Waals surface area contributed by atoms with Gasteiger partial charge in [-0.2, -0.15) is 0 Å². The van der Waals surface area contributed by atoms with Crippen LogP contribution in [0.15, 0.2) is 23.1 Å². The molecule has 0 spiro atoms. The summed E-state index contributed by atoms with van der Waals surface area (Å²) in [4.78, 5) is 18.1. The van der Waals surface area contributed by atoms with Crippen molar-refractivity contribution in [1.82, 2.24) is 9.55 Å². The second kappa shape index (κ2) is 5.13. The van der Waals surface area contributed by atoms with Crippen LogP contribution in [0.25, 0.3) is 11.0 Å². The molecule has 0 atom stereocenters. The number of anilines is 1. The maximum absolute atomic E-state index is 11.8. The quantitative estimate of drug-likeness (QED) is 0.884.